The highest BCUT2D eigenvalue weighted by Crippen LogP contribution is 2.34. The Morgan fingerprint density at radius 2 is 1.93 bits per heavy atom. The lowest BCUT2D eigenvalue weighted by molar-refractivity contribution is 0.101. The van der Waals surface area contributed by atoms with E-state index in [0.717, 1.165) is 15.6 Å². The molecule has 1 rings (SSSR count). The zero-order chi connectivity index (χ0) is 10.9. The van der Waals surface area contributed by atoms with E-state index in [0.29, 0.717) is 11.3 Å². The summed E-state index contributed by atoms with van der Waals surface area (Å²) in [7, 11) is 1.57. The SMILES string of the molecule is COc1c(Br)c(C)cc(C)c1C(C)=O. The van der Waals surface area contributed by atoms with Gasteiger partial charge in [-0.25, -0.2) is 0 Å². The summed E-state index contributed by atoms with van der Waals surface area (Å²) in [6, 6.07) is 1.98. The third-order valence-electron chi connectivity index (χ3n) is 2.16. The lowest BCUT2D eigenvalue weighted by atomic mass is 10.0. The Labute approximate surface area is 92.4 Å². The van der Waals surface area contributed by atoms with Crippen LogP contribution in [-0.4, -0.2) is 12.9 Å². The smallest absolute Gasteiger partial charge is 0.163 e. The Kier molecular flexibility index (Phi) is 3.32. The molecule has 0 heterocycles. The van der Waals surface area contributed by atoms with Gasteiger partial charge in [0.25, 0.3) is 0 Å². The molecule has 0 N–H and O–H groups in total. The molecule has 0 bridgehead atoms. The second-order valence-corrected chi connectivity index (χ2v) is 4.08. The Morgan fingerprint density at radius 3 is 2.36 bits per heavy atom. The van der Waals surface area contributed by atoms with Gasteiger partial charge >= 0.3 is 0 Å². The molecule has 0 radical (unpaired) electrons. The molecule has 1 aromatic carbocycles. The van der Waals surface area contributed by atoms with E-state index in [1.165, 1.54) is 0 Å². The van der Waals surface area contributed by atoms with Crippen LogP contribution in [0.1, 0.15) is 28.4 Å². The predicted molar refractivity (Wildman–Crippen MR) is 60.2 cm³/mol. The minimum absolute atomic E-state index is 0.0278. The fraction of sp³-hybridized carbons (Fsp3) is 0.364. The fourth-order valence-electron chi connectivity index (χ4n) is 1.56. The number of methoxy groups -OCH3 is 1. The number of carbonyl (C=O) groups excluding carboxylic acids is 1. The van der Waals surface area contributed by atoms with Crippen molar-refractivity contribution in [2.45, 2.75) is 20.8 Å². The molecule has 14 heavy (non-hydrogen) atoms. The van der Waals surface area contributed by atoms with E-state index in [4.69, 9.17) is 4.74 Å². The number of ketones is 1. The van der Waals surface area contributed by atoms with Crippen molar-refractivity contribution in [2.75, 3.05) is 7.11 Å². The van der Waals surface area contributed by atoms with Crippen LogP contribution in [-0.2, 0) is 0 Å². The highest BCUT2D eigenvalue weighted by molar-refractivity contribution is 9.10. The molecule has 3 heteroatoms. The molecular weight excluding hydrogens is 244 g/mol. The van der Waals surface area contributed by atoms with Crippen molar-refractivity contribution in [3.63, 3.8) is 0 Å². The van der Waals surface area contributed by atoms with E-state index in [-0.39, 0.29) is 5.78 Å². The molecule has 2 nitrogen and oxygen atoms in total. The minimum atomic E-state index is 0.0278. The summed E-state index contributed by atoms with van der Waals surface area (Å²) in [5, 5.41) is 0. The van der Waals surface area contributed by atoms with Gasteiger partial charge in [-0.2, -0.15) is 0 Å². The molecule has 0 saturated heterocycles. The largest absolute Gasteiger partial charge is 0.495 e. The third-order valence-corrected chi connectivity index (χ3v) is 3.14. The first-order valence-corrected chi connectivity index (χ1v) is 5.13. The van der Waals surface area contributed by atoms with Gasteiger partial charge in [0.15, 0.2) is 5.78 Å². The van der Waals surface area contributed by atoms with Crippen LogP contribution in [0.15, 0.2) is 10.5 Å². The van der Waals surface area contributed by atoms with Gasteiger partial charge in [0.1, 0.15) is 5.75 Å². The van der Waals surface area contributed by atoms with Crippen molar-refractivity contribution in [3.05, 3.63) is 27.2 Å². The zero-order valence-electron chi connectivity index (χ0n) is 8.77. The highest BCUT2D eigenvalue weighted by atomic mass is 79.9. The minimum Gasteiger partial charge on any atom is -0.495 e. The first-order chi connectivity index (χ1) is 6.49. The van der Waals surface area contributed by atoms with E-state index in [1.807, 2.05) is 19.9 Å². The summed E-state index contributed by atoms with van der Waals surface area (Å²) in [5.41, 5.74) is 2.68. The number of rotatable bonds is 2. The Balaban J connectivity index is 3.55. The van der Waals surface area contributed by atoms with E-state index < -0.39 is 0 Å². The first kappa shape index (κ1) is 11.2. The van der Waals surface area contributed by atoms with Crippen molar-refractivity contribution in [1.82, 2.24) is 0 Å². The van der Waals surface area contributed by atoms with Crippen LogP contribution in [0.5, 0.6) is 5.75 Å². The fourth-order valence-corrected chi connectivity index (χ4v) is 2.03. The van der Waals surface area contributed by atoms with Crippen molar-refractivity contribution < 1.29 is 9.53 Å². The molecule has 0 fully saturated rings. The number of hydrogen-bond acceptors (Lipinski definition) is 2. The maximum absolute atomic E-state index is 11.4. The van der Waals surface area contributed by atoms with E-state index in [2.05, 4.69) is 15.9 Å². The van der Waals surface area contributed by atoms with Crippen LogP contribution >= 0.6 is 15.9 Å². The Morgan fingerprint density at radius 1 is 1.36 bits per heavy atom. The monoisotopic (exact) mass is 256 g/mol. The van der Waals surface area contributed by atoms with Crippen LogP contribution < -0.4 is 4.74 Å². The van der Waals surface area contributed by atoms with Crippen LogP contribution in [0.3, 0.4) is 0 Å². The summed E-state index contributed by atoms with van der Waals surface area (Å²) < 4.78 is 6.09. The van der Waals surface area contributed by atoms with Gasteiger partial charge in [-0.15, -0.1) is 0 Å². The molecular formula is C11H13BrO2. The van der Waals surface area contributed by atoms with E-state index in [1.54, 1.807) is 14.0 Å². The maximum atomic E-state index is 11.4. The van der Waals surface area contributed by atoms with Gasteiger partial charge in [0, 0.05) is 0 Å². The van der Waals surface area contributed by atoms with Gasteiger partial charge in [0.2, 0.25) is 0 Å². The van der Waals surface area contributed by atoms with Gasteiger partial charge in [-0.1, -0.05) is 6.07 Å². The summed E-state index contributed by atoms with van der Waals surface area (Å²) in [6.07, 6.45) is 0. The predicted octanol–water partition coefficient (Wildman–Crippen LogP) is 3.28. The maximum Gasteiger partial charge on any atom is 0.163 e. The molecule has 76 valence electrons. The molecule has 0 saturated carbocycles. The van der Waals surface area contributed by atoms with Gasteiger partial charge in [0.05, 0.1) is 17.1 Å². The van der Waals surface area contributed by atoms with Crippen molar-refractivity contribution >= 4 is 21.7 Å². The molecule has 0 amide bonds. The highest BCUT2D eigenvalue weighted by Gasteiger charge is 2.16. The van der Waals surface area contributed by atoms with E-state index >= 15 is 0 Å². The standard InChI is InChI=1S/C11H13BrO2/c1-6-5-7(2)10(12)11(14-4)9(6)8(3)13/h5H,1-4H3. The molecule has 0 aliphatic heterocycles. The molecule has 0 unspecified atom stereocenters. The lowest BCUT2D eigenvalue weighted by Crippen LogP contribution is -2.02. The number of aryl methyl sites for hydroxylation is 2. The molecule has 0 atom stereocenters. The normalized spacial score (nSPS) is 10.1. The van der Waals surface area contributed by atoms with Gasteiger partial charge in [-0.3, -0.25) is 4.79 Å². The van der Waals surface area contributed by atoms with Crippen molar-refractivity contribution in [3.8, 4) is 5.75 Å². The molecule has 1 aromatic rings. The van der Waals surface area contributed by atoms with Crippen molar-refractivity contribution in [2.24, 2.45) is 0 Å². The zero-order valence-corrected chi connectivity index (χ0v) is 10.4. The summed E-state index contributed by atoms with van der Waals surface area (Å²) in [4.78, 5) is 11.4. The number of benzene rings is 1. The second-order valence-electron chi connectivity index (χ2n) is 3.29. The summed E-state index contributed by atoms with van der Waals surface area (Å²) in [5.74, 6) is 0.662. The Bertz CT molecular complexity index is 383. The quantitative estimate of drug-likeness (QED) is 0.760. The average Bonchev–Trinajstić information content (AvgIpc) is 2.09. The average molecular weight is 257 g/mol. The first-order valence-electron chi connectivity index (χ1n) is 4.33. The lowest BCUT2D eigenvalue weighted by Gasteiger charge is -2.13. The molecule has 0 aliphatic rings. The molecule has 0 spiro atoms. The molecule has 0 aromatic heterocycles. The summed E-state index contributed by atoms with van der Waals surface area (Å²) >= 11 is 3.42. The number of carbonyl (C=O) groups is 1. The number of hydrogen-bond donors (Lipinski definition) is 0. The van der Waals surface area contributed by atoms with Gasteiger partial charge < -0.3 is 4.74 Å². The van der Waals surface area contributed by atoms with Crippen LogP contribution in [0.25, 0.3) is 0 Å². The Hall–Kier alpha value is -0.830. The van der Waals surface area contributed by atoms with Crippen LogP contribution in [0, 0.1) is 13.8 Å². The second kappa shape index (κ2) is 4.13. The topological polar surface area (TPSA) is 26.3 Å². The third kappa shape index (κ3) is 1.82. The summed E-state index contributed by atoms with van der Waals surface area (Å²) in [6.45, 7) is 5.44. The number of Topliss-reactive ketones (excluding diaryl/α,β-unsaturated/α-hetero) is 1. The van der Waals surface area contributed by atoms with E-state index in [9.17, 15) is 4.79 Å². The van der Waals surface area contributed by atoms with Gasteiger partial charge in [-0.05, 0) is 47.8 Å². The van der Waals surface area contributed by atoms with Crippen molar-refractivity contribution in [1.29, 1.82) is 0 Å². The van der Waals surface area contributed by atoms with Crippen LogP contribution in [0.4, 0.5) is 0 Å². The number of halogens is 1. The molecule has 0 aliphatic carbocycles. The van der Waals surface area contributed by atoms with Crippen LogP contribution in [0.2, 0.25) is 0 Å². The number of ether oxygens (including phenoxy) is 1.